The Morgan fingerprint density at radius 2 is 2.04 bits per heavy atom. The molecule has 0 bridgehead atoms. The molecule has 3 N–H and O–H groups in total. The van der Waals surface area contributed by atoms with Gasteiger partial charge in [-0.1, -0.05) is 29.8 Å². The van der Waals surface area contributed by atoms with Gasteiger partial charge in [0.15, 0.2) is 5.96 Å². The molecule has 2 aromatic rings. The van der Waals surface area contributed by atoms with Crippen LogP contribution in [0.15, 0.2) is 53.7 Å². The molecule has 25 heavy (non-hydrogen) atoms. The number of aliphatic imine (C=N–C) groups is 1. The van der Waals surface area contributed by atoms with Crippen LogP contribution < -0.4 is 11.1 Å². The van der Waals surface area contributed by atoms with E-state index in [0.29, 0.717) is 18.3 Å². The number of hydrogen-bond acceptors (Lipinski definition) is 3. The minimum atomic E-state index is -0.0977. The lowest BCUT2D eigenvalue weighted by atomic mass is 9.74. The number of anilines is 1. The van der Waals surface area contributed by atoms with E-state index in [0.717, 1.165) is 31.1 Å². The van der Waals surface area contributed by atoms with Gasteiger partial charge in [-0.05, 0) is 42.7 Å². The summed E-state index contributed by atoms with van der Waals surface area (Å²) in [5, 5.41) is 3.76. The van der Waals surface area contributed by atoms with Gasteiger partial charge in [0.05, 0.1) is 6.54 Å². The Hall–Kier alpha value is -1.38. The molecule has 2 heterocycles. The molecule has 1 aliphatic rings. The number of rotatable bonds is 4. The van der Waals surface area contributed by atoms with Crippen molar-refractivity contribution < 1.29 is 4.74 Å². The highest BCUT2D eigenvalue weighted by molar-refractivity contribution is 14.0. The molecule has 0 aliphatic carbocycles. The van der Waals surface area contributed by atoms with Crippen LogP contribution in [0.3, 0.4) is 0 Å². The van der Waals surface area contributed by atoms with Crippen molar-refractivity contribution in [1.29, 1.82) is 0 Å². The van der Waals surface area contributed by atoms with Crippen LogP contribution in [-0.2, 0) is 10.2 Å². The quantitative estimate of drug-likeness (QED) is 0.403. The van der Waals surface area contributed by atoms with E-state index in [4.69, 9.17) is 22.1 Å². The summed E-state index contributed by atoms with van der Waals surface area (Å²) in [4.78, 5) is 8.76. The van der Waals surface area contributed by atoms with Crippen LogP contribution in [0.5, 0.6) is 0 Å². The first-order valence-corrected chi connectivity index (χ1v) is 8.38. The maximum atomic E-state index is 6.18. The highest BCUT2D eigenvalue weighted by Crippen LogP contribution is 2.36. The van der Waals surface area contributed by atoms with Gasteiger partial charge < -0.3 is 15.8 Å². The molecule has 0 unspecified atom stereocenters. The van der Waals surface area contributed by atoms with Gasteiger partial charge in [0.2, 0.25) is 0 Å². The molecule has 7 heteroatoms. The van der Waals surface area contributed by atoms with E-state index < -0.39 is 0 Å². The molecule has 1 fully saturated rings. The minimum Gasteiger partial charge on any atom is -0.381 e. The van der Waals surface area contributed by atoms with Gasteiger partial charge in [-0.3, -0.25) is 4.99 Å². The van der Waals surface area contributed by atoms with E-state index in [1.807, 2.05) is 36.4 Å². The molecule has 134 valence electrons. The Morgan fingerprint density at radius 1 is 1.24 bits per heavy atom. The number of nitrogens with one attached hydrogen (secondary N) is 1. The van der Waals surface area contributed by atoms with Crippen LogP contribution in [0.1, 0.15) is 18.4 Å². The van der Waals surface area contributed by atoms with Crippen LogP contribution >= 0.6 is 35.6 Å². The Balaban J connectivity index is 0.00000225. The lowest BCUT2D eigenvalue weighted by Gasteiger charge is -2.36. The standard InChI is InChI=1S/C18H21ClN4O.HI/c19-15-5-3-4-14(12-15)18(7-10-24-11-8-18)13-22-17(20)23-16-6-1-2-9-21-16;/h1-6,9,12H,7-8,10-11,13H2,(H3,20,21,22,23);1H. The third kappa shape index (κ3) is 5.29. The molecule has 0 amide bonds. The smallest absolute Gasteiger partial charge is 0.194 e. The summed E-state index contributed by atoms with van der Waals surface area (Å²) in [6.45, 7) is 2.02. The summed E-state index contributed by atoms with van der Waals surface area (Å²) >= 11 is 6.18. The van der Waals surface area contributed by atoms with E-state index >= 15 is 0 Å². The zero-order valence-electron chi connectivity index (χ0n) is 13.8. The van der Waals surface area contributed by atoms with Gasteiger partial charge in [0.25, 0.3) is 0 Å². The molecular formula is C18H22ClIN4O. The highest BCUT2D eigenvalue weighted by atomic mass is 127. The number of pyridine rings is 1. The Morgan fingerprint density at radius 3 is 2.72 bits per heavy atom. The average molecular weight is 473 g/mol. The van der Waals surface area contributed by atoms with Gasteiger partial charge in [-0.2, -0.15) is 0 Å². The number of ether oxygens (including phenoxy) is 1. The lowest BCUT2D eigenvalue weighted by Crippen LogP contribution is -2.38. The number of hydrogen-bond donors (Lipinski definition) is 2. The number of guanidine groups is 1. The van der Waals surface area contributed by atoms with Gasteiger partial charge in [-0.25, -0.2) is 4.98 Å². The lowest BCUT2D eigenvalue weighted by molar-refractivity contribution is 0.0531. The number of halogens is 2. The molecule has 5 nitrogen and oxygen atoms in total. The van der Waals surface area contributed by atoms with E-state index in [-0.39, 0.29) is 29.4 Å². The fraction of sp³-hybridized carbons (Fsp3) is 0.333. The van der Waals surface area contributed by atoms with E-state index in [2.05, 4.69) is 21.4 Å². The summed E-state index contributed by atoms with van der Waals surface area (Å²) in [5.74, 6) is 1.05. The predicted molar refractivity (Wildman–Crippen MR) is 113 cm³/mol. The molecule has 1 saturated heterocycles. The fourth-order valence-corrected chi connectivity index (χ4v) is 3.15. The van der Waals surface area contributed by atoms with Crippen molar-refractivity contribution in [3.05, 3.63) is 59.2 Å². The average Bonchev–Trinajstić information content (AvgIpc) is 2.62. The first-order chi connectivity index (χ1) is 11.7. The Bertz CT molecular complexity index is 705. The van der Waals surface area contributed by atoms with Crippen LogP contribution in [-0.4, -0.2) is 30.7 Å². The van der Waals surface area contributed by atoms with Gasteiger partial charge in [-0.15, -0.1) is 24.0 Å². The molecular weight excluding hydrogens is 451 g/mol. The summed E-state index contributed by atoms with van der Waals surface area (Å²) in [6, 6.07) is 13.6. The normalized spacial score (nSPS) is 16.8. The second-order valence-electron chi connectivity index (χ2n) is 5.94. The van der Waals surface area contributed by atoms with E-state index in [1.54, 1.807) is 6.20 Å². The van der Waals surface area contributed by atoms with Gasteiger partial charge >= 0.3 is 0 Å². The summed E-state index contributed by atoms with van der Waals surface area (Å²) < 4.78 is 5.54. The van der Waals surface area contributed by atoms with Crippen molar-refractivity contribution in [2.24, 2.45) is 10.7 Å². The molecule has 0 saturated carbocycles. The summed E-state index contributed by atoms with van der Waals surface area (Å²) in [6.07, 6.45) is 3.50. The fourth-order valence-electron chi connectivity index (χ4n) is 2.96. The number of benzene rings is 1. The van der Waals surface area contributed by atoms with Crippen molar-refractivity contribution in [2.75, 3.05) is 25.1 Å². The molecule has 0 radical (unpaired) electrons. The molecule has 0 spiro atoms. The monoisotopic (exact) mass is 472 g/mol. The van der Waals surface area contributed by atoms with Crippen molar-refractivity contribution in [1.82, 2.24) is 4.98 Å². The first kappa shape index (κ1) is 19.9. The van der Waals surface area contributed by atoms with E-state index in [1.165, 1.54) is 5.56 Å². The predicted octanol–water partition coefficient (Wildman–Crippen LogP) is 3.83. The Labute approximate surface area is 170 Å². The highest BCUT2D eigenvalue weighted by Gasteiger charge is 2.34. The van der Waals surface area contributed by atoms with Crippen LogP contribution in [0.2, 0.25) is 5.02 Å². The largest absolute Gasteiger partial charge is 0.381 e. The maximum Gasteiger partial charge on any atom is 0.194 e. The molecule has 3 rings (SSSR count). The third-order valence-corrected chi connectivity index (χ3v) is 4.60. The van der Waals surface area contributed by atoms with Crippen LogP contribution in [0, 0.1) is 0 Å². The van der Waals surface area contributed by atoms with Crippen molar-refractivity contribution in [2.45, 2.75) is 18.3 Å². The Kier molecular flexibility index (Phi) is 7.46. The zero-order chi connectivity index (χ0) is 16.8. The third-order valence-electron chi connectivity index (χ3n) is 4.36. The SMILES string of the molecule is I.NC(=NCC1(c2cccc(Cl)c2)CCOCC1)Nc1ccccn1. The molecule has 1 aromatic heterocycles. The van der Waals surface area contributed by atoms with Crippen molar-refractivity contribution >= 4 is 47.4 Å². The van der Waals surface area contributed by atoms with Gasteiger partial charge in [0.1, 0.15) is 5.82 Å². The van der Waals surface area contributed by atoms with E-state index in [9.17, 15) is 0 Å². The topological polar surface area (TPSA) is 72.5 Å². The number of aromatic nitrogens is 1. The summed E-state index contributed by atoms with van der Waals surface area (Å²) in [7, 11) is 0. The molecule has 0 atom stereocenters. The van der Waals surface area contributed by atoms with Crippen molar-refractivity contribution in [3.63, 3.8) is 0 Å². The van der Waals surface area contributed by atoms with Crippen LogP contribution in [0.4, 0.5) is 5.82 Å². The second-order valence-corrected chi connectivity index (χ2v) is 6.38. The molecule has 1 aliphatic heterocycles. The molecule has 1 aromatic carbocycles. The van der Waals surface area contributed by atoms with Gasteiger partial charge in [0, 0.05) is 29.8 Å². The maximum absolute atomic E-state index is 6.18. The van der Waals surface area contributed by atoms with Crippen LogP contribution in [0.25, 0.3) is 0 Å². The van der Waals surface area contributed by atoms with Crippen molar-refractivity contribution in [3.8, 4) is 0 Å². The number of nitrogens with two attached hydrogens (primary N) is 1. The minimum absolute atomic E-state index is 0. The zero-order valence-corrected chi connectivity index (χ0v) is 16.9. The summed E-state index contributed by atoms with van der Waals surface area (Å²) in [5.41, 5.74) is 7.12. The number of nitrogens with zero attached hydrogens (tertiary/aromatic N) is 2. The first-order valence-electron chi connectivity index (χ1n) is 8.00. The second kappa shape index (κ2) is 9.35.